The highest BCUT2D eigenvalue weighted by Crippen LogP contribution is 2.18. The standard InChI is InChI=1S/C14H18N2O6/c1-11(17)15(10-4-2-3-5-14(18)19)22-13-8-6-12(7-9-13)16(20)21/h6-9H,2-5,10H2,1H3,(H,18,19). The number of carbonyl (C=O) groups is 2. The van der Waals surface area contributed by atoms with Crippen LogP contribution in [0.15, 0.2) is 24.3 Å². The summed E-state index contributed by atoms with van der Waals surface area (Å²) in [5.41, 5.74) is -0.0598. The number of hydrogen-bond donors (Lipinski definition) is 1. The molecule has 8 nitrogen and oxygen atoms in total. The highest BCUT2D eigenvalue weighted by atomic mass is 16.7. The Balaban J connectivity index is 2.48. The molecule has 0 radical (unpaired) electrons. The van der Waals surface area contributed by atoms with Gasteiger partial charge >= 0.3 is 5.97 Å². The number of hydroxylamine groups is 2. The van der Waals surface area contributed by atoms with Crippen LogP contribution in [-0.4, -0.2) is 33.5 Å². The average molecular weight is 310 g/mol. The molecule has 0 atom stereocenters. The van der Waals surface area contributed by atoms with E-state index in [0.717, 1.165) is 5.06 Å². The van der Waals surface area contributed by atoms with E-state index in [9.17, 15) is 19.7 Å². The van der Waals surface area contributed by atoms with Gasteiger partial charge in [-0.05, 0) is 25.0 Å². The molecule has 22 heavy (non-hydrogen) atoms. The number of nitrogens with zero attached hydrogens (tertiary/aromatic N) is 2. The maximum Gasteiger partial charge on any atom is 0.303 e. The summed E-state index contributed by atoms with van der Waals surface area (Å²) < 4.78 is 0. The first-order valence-corrected chi connectivity index (χ1v) is 6.82. The lowest BCUT2D eigenvalue weighted by molar-refractivity contribution is -0.384. The highest BCUT2D eigenvalue weighted by Gasteiger charge is 2.12. The van der Waals surface area contributed by atoms with Crippen molar-refractivity contribution in [3.8, 4) is 5.75 Å². The van der Waals surface area contributed by atoms with Crippen LogP contribution in [0, 0.1) is 10.1 Å². The zero-order valence-electron chi connectivity index (χ0n) is 12.2. The smallest absolute Gasteiger partial charge is 0.303 e. The molecule has 0 saturated carbocycles. The lowest BCUT2D eigenvalue weighted by atomic mass is 10.2. The third-order valence-corrected chi connectivity index (χ3v) is 2.87. The molecule has 1 aromatic carbocycles. The van der Waals surface area contributed by atoms with E-state index in [2.05, 4.69) is 0 Å². The first-order valence-electron chi connectivity index (χ1n) is 6.82. The second-order valence-corrected chi connectivity index (χ2v) is 4.67. The van der Waals surface area contributed by atoms with Gasteiger partial charge in [-0.2, -0.15) is 5.06 Å². The Hall–Kier alpha value is -2.64. The number of non-ortho nitro benzene ring substituents is 1. The molecular weight excluding hydrogens is 292 g/mol. The number of rotatable bonds is 9. The van der Waals surface area contributed by atoms with Crippen LogP contribution in [-0.2, 0) is 9.59 Å². The van der Waals surface area contributed by atoms with Crippen molar-refractivity contribution in [1.82, 2.24) is 5.06 Å². The van der Waals surface area contributed by atoms with Crippen molar-refractivity contribution in [3.05, 3.63) is 34.4 Å². The van der Waals surface area contributed by atoms with Gasteiger partial charge in [0.15, 0.2) is 5.75 Å². The van der Waals surface area contributed by atoms with Crippen molar-refractivity contribution in [1.29, 1.82) is 0 Å². The fourth-order valence-electron chi connectivity index (χ4n) is 1.73. The Labute approximate surface area is 127 Å². The maximum absolute atomic E-state index is 11.5. The normalized spacial score (nSPS) is 10.0. The number of carbonyl (C=O) groups excluding carboxylic acids is 1. The van der Waals surface area contributed by atoms with Crippen LogP contribution in [0.5, 0.6) is 5.75 Å². The van der Waals surface area contributed by atoms with Crippen molar-refractivity contribution in [3.63, 3.8) is 0 Å². The molecule has 0 aliphatic heterocycles. The Bertz CT molecular complexity index is 529. The molecular formula is C14H18N2O6. The molecule has 1 aromatic rings. The van der Waals surface area contributed by atoms with Crippen LogP contribution in [0.2, 0.25) is 0 Å². The van der Waals surface area contributed by atoms with E-state index in [1.807, 2.05) is 0 Å². The highest BCUT2D eigenvalue weighted by molar-refractivity contribution is 5.72. The fraction of sp³-hybridized carbons (Fsp3) is 0.429. The first-order chi connectivity index (χ1) is 10.4. The Morgan fingerprint density at radius 2 is 1.86 bits per heavy atom. The summed E-state index contributed by atoms with van der Waals surface area (Å²) in [6.45, 7) is 1.68. The van der Waals surface area contributed by atoms with Crippen molar-refractivity contribution in [2.75, 3.05) is 6.54 Å². The molecule has 8 heteroatoms. The van der Waals surface area contributed by atoms with Crippen molar-refractivity contribution >= 4 is 17.6 Å². The molecule has 0 aromatic heterocycles. The molecule has 0 saturated heterocycles. The predicted molar refractivity (Wildman–Crippen MR) is 77.2 cm³/mol. The molecule has 120 valence electrons. The summed E-state index contributed by atoms with van der Waals surface area (Å²) in [5.74, 6) is -0.812. The van der Waals surface area contributed by atoms with E-state index in [1.54, 1.807) is 0 Å². The van der Waals surface area contributed by atoms with Gasteiger partial charge in [-0.3, -0.25) is 19.7 Å². The summed E-state index contributed by atoms with van der Waals surface area (Å²) in [4.78, 5) is 37.3. The average Bonchev–Trinajstić information content (AvgIpc) is 2.45. The minimum atomic E-state index is -0.842. The number of hydrogen-bond acceptors (Lipinski definition) is 5. The van der Waals surface area contributed by atoms with Gasteiger partial charge in [0, 0.05) is 25.5 Å². The maximum atomic E-state index is 11.5. The summed E-state index contributed by atoms with van der Waals surface area (Å²) in [7, 11) is 0. The minimum Gasteiger partial charge on any atom is -0.481 e. The number of nitro groups is 1. The fourth-order valence-corrected chi connectivity index (χ4v) is 1.73. The number of unbranched alkanes of at least 4 members (excludes halogenated alkanes) is 2. The van der Waals surface area contributed by atoms with Gasteiger partial charge < -0.3 is 9.94 Å². The van der Waals surface area contributed by atoms with E-state index >= 15 is 0 Å². The summed E-state index contributed by atoms with van der Waals surface area (Å²) in [6.07, 6.45) is 1.92. The second-order valence-electron chi connectivity index (χ2n) is 4.67. The monoisotopic (exact) mass is 310 g/mol. The van der Waals surface area contributed by atoms with Gasteiger partial charge in [0.25, 0.3) is 11.6 Å². The van der Waals surface area contributed by atoms with E-state index in [-0.39, 0.29) is 18.0 Å². The molecule has 0 heterocycles. The lowest BCUT2D eigenvalue weighted by Crippen LogP contribution is -2.33. The first kappa shape index (κ1) is 17.4. The van der Waals surface area contributed by atoms with Crippen molar-refractivity contribution in [2.24, 2.45) is 0 Å². The molecule has 0 spiro atoms. The van der Waals surface area contributed by atoms with Crippen LogP contribution < -0.4 is 4.84 Å². The number of carboxylic acids is 1. The minimum absolute atomic E-state index is 0.0598. The topological polar surface area (TPSA) is 110 Å². The largest absolute Gasteiger partial charge is 0.481 e. The molecule has 0 fully saturated rings. The molecule has 0 unspecified atom stereocenters. The van der Waals surface area contributed by atoms with Gasteiger partial charge in [-0.15, -0.1) is 0 Å². The van der Waals surface area contributed by atoms with Gasteiger partial charge in [0.05, 0.1) is 11.5 Å². The van der Waals surface area contributed by atoms with Crippen molar-refractivity contribution < 1.29 is 24.5 Å². The SMILES string of the molecule is CC(=O)N(CCCCCC(=O)O)Oc1ccc([N+](=O)[O-])cc1. The number of carboxylic acid groups (broad SMARTS) is 1. The summed E-state index contributed by atoms with van der Waals surface area (Å²) in [6, 6.07) is 5.41. The second kappa shape index (κ2) is 8.60. The molecule has 0 aliphatic carbocycles. The summed E-state index contributed by atoms with van der Waals surface area (Å²) >= 11 is 0. The Kier molecular flexibility index (Phi) is 6.81. The molecule has 1 N–H and O–H groups in total. The third-order valence-electron chi connectivity index (χ3n) is 2.87. The molecule has 1 amide bonds. The van der Waals surface area contributed by atoms with E-state index < -0.39 is 10.9 Å². The van der Waals surface area contributed by atoms with E-state index in [1.165, 1.54) is 31.2 Å². The van der Waals surface area contributed by atoms with Crippen LogP contribution >= 0.6 is 0 Å². The van der Waals surface area contributed by atoms with Crippen LogP contribution in [0.3, 0.4) is 0 Å². The number of benzene rings is 1. The Morgan fingerprint density at radius 1 is 1.23 bits per heavy atom. The van der Waals surface area contributed by atoms with Gasteiger partial charge in [-0.25, -0.2) is 0 Å². The number of nitro benzene ring substituents is 1. The lowest BCUT2D eigenvalue weighted by Gasteiger charge is -2.20. The quantitative estimate of drug-likeness (QED) is 0.426. The van der Waals surface area contributed by atoms with Crippen LogP contribution in [0.25, 0.3) is 0 Å². The zero-order valence-corrected chi connectivity index (χ0v) is 12.2. The number of aliphatic carboxylic acids is 1. The number of amides is 1. The van der Waals surface area contributed by atoms with Crippen LogP contribution in [0.4, 0.5) is 5.69 Å². The van der Waals surface area contributed by atoms with Gasteiger partial charge in [-0.1, -0.05) is 6.42 Å². The summed E-state index contributed by atoms with van der Waals surface area (Å²) in [5, 5.41) is 20.2. The van der Waals surface area contributed by atoms with E-state index in [0.29, 0.717) is 31.6 Å². The zero-order chi connectivity index (χ0) is 16.5. The van der Waals surface area contributed by atoms with Gasteiger partial charge in [0.2, 0.25) is 0 Å². The van der Waals surface area contributed by atoms with Crippen molar-refractivity contribution in [2.45, 2.75) is 32.6 Å². The predicted octanol–water partition coefficient (Wildman–Crippen LogP) is 2.38. The molecule has 0 bridgehead atoms. The molecule has 1 rings (SSSR count). The van der Waals surface area contributed by atoms with Crippen LogP contribution in [0.1, 0.15) is 32.6 Å². The molecule has 0 aliphatic rings. The van der Waals surface area contributed by atoms with Gasteiger partial charge in [0.1, 0.15) is 0 Å². The Morgan fingerprint density at radius 3 is 2.36 bits per heavy atom. The van der Waals surface area contributed by atoms with E-state index in [4.69, 9.17) is 9.94 Å². The third kappa shape index (κ3) is 6.21.